The molecule has 1 saturated heterocycles. The molecule has 0 aromatic heterocycles. The van der Waals surface area contributed by atoms with E-state index in [0.717, 1.165) is 6.92 Å². The molecule has 1 heterocycles. The summed E-state index contributed by atoms with van der Waals surface area (Å²) < 4.78 is 29.5. The van der Waals surface area contributed by atoms with Crippen LogP contribution in [0.5, 0.6) is 0 Å². The number of ketones is 1. The molecule has 15 heteroatoms. The Hall–Kier alpha value is -4.67. The molecular formula is C43H53NO14. The zero-order valence-electron chi connectivity index (χ0n) is 33.9. The van der Waals surface area contributed by atoms with Crippen molar-refractivity contribution >= 4 is 29.8 Å². The smallest absolute Gasteiger partial charge is 0.408 e. The fourth-order valence-electron chi connectivity index (χ4n) is 9.56. The highest BCUT2D eigenvalue weighted by Gasteiger charge is 2.78. The first-order chi connectivity index (χ1) is 27.0. The second kappa shape index (κ2) is 15.2. The third kappa shape index (κ3) is 7.10. The standard InChI is InChI=1S/C43H53NO14/c1-22-26(55-37(51)32(48)30(24-15-11-9-12-16-24)44-38(52)58-39(3,4)5)20-43(53)35(56-36(50)25-17-13-10-14-18-25)33-41(8,34(49)31(47)29(22)40(43,6)7)27(46)19-28-42(33,21-54-28)57-23(2)45/h9-18,26-28,30-33,35,46-48,53H,19-21H2,1-8H3,(H,44,52)/t26-,27+,28+,30+,31-,32-,33-,35-,41-,42?,43-/m1/s1. The highest BCUT2D eigenvalue weighted by molar-refractivity contribution is 5.94. The van der Waals surface area contributed by atoms with E-state index in [1.54, 1.807) is 83.1 Å². The van der Waals surface area contributed by atoms with Crippen molar-refractivity contribution in [2.24, 2.45) is 16.7 Å². The second-order valence-corrected chi connectivity index (χ2v) is 17.6. The average Bonchev–Trinajstić information content (AvgIpc) is 3.14. The van der Waals surface area contributed by atoms with E-state index in [1.165, 1.54) is 26.0 Å². The van der Waals surface area contributed by atoms with Gasteiger partial charge in [-0.25, -0.2) is 14.4 Å². The van der Waals surface area contributed by atoms with Crippen molar-refractivity contribution < 1.29 is 68.1 Å². The number of fused-ring (bicyclic) bond motifs is 5. The Labute approximate surface area is 336 Å². The number of alkyl carbamates (subject to hydrolysis) is 1. The summed E-state index contributed by atoms with van der Waals surface area (Å²) in [7, 11) is 0. The number of carbonyl (C=O) groups is 5. The Bertz CT molecular complexity index is 1980. The van der Waals surface area contributed by atoms with Crippen LogP contribution >= 0.6 is 0 Å². The molecular weight excluding hydrogens is 754 g/mol. The minimum Gasteiger partial charge on any atom is -0.456 e. The van der Waals surface area contributed by atoms with Gasteiger partial charge in [0.1, 0.15) is 35.6 Å². The first-order valence-electron chi connectivity index (χ1n) is 19.3. The van der Waals surface area contributed by atoms with E-state index in [2.05, 4.69) is 5.32 Å². The predicted molar refractivity (Wildman–Crippen MR) is 204 cm³/mol. The van der Waals surface area contributed by atoms with Crippen LogP contribution in [0.2, 0.25) is 0 Å². The molecule has 314 valence electrons. The van der Waals surface area contributed by atoms with Gasteiger partial charge in [0.15, 0.2) is 17.5 Å². The third-order valence-corrected chi connectivity index (χ3v) is 12.6. The number of aliphatic hydroxyl groups is 4. The van der Waals surface area contributed by atoms with Gasteiger partial charge in [0.2, 0.25) is 0 Å². The Balaban J connectivity index is 1.49. The fraction of sp³-hybridized carbons (Fsp3) is 0.558. The van der Waals surface area contributed by atoms with Crippen molar-refractivity contribution in [3.8, 4) is 0 Å². The van der Waals surface area contributed by atoms with E-state index in [-0.39, 0.29) is 29.7 Å². The third-order valence-electron chi connectivity index (χ3n) is 12.6. The van der Waals surface area contributed by atoms with E-state index in [1.807, 2.05) is 0 Å². The summed E-state index contributed by atoms with van der Waals surface area (Å²) in [6.45, 7) is 11.8. The Morgan fingerprint density at radius 2 is 1.55 bits per heavy atom. The van der Waals surface area contributed by atoms with Gasteiger partial charge < -0.3 is 49.4 Å². The maximum atomic E-state index is 14.9. The van der Waals surface area contributed by atoms with Crippen LogP contribution in [0.1, 0.15) is 90.2 Å². The normalized spacial score (nSPS) is 33.7. The van der Waals surface area contributed by atoms with E-state index in [0.29, 0.717) is 5.56 Å². The van der Waals surface area contributed by atoms with Gasteiger partial charge in [-0.1, -0.05) is 62.4 Å². The molecule has 5 N–H and O–H groups in total. The summed E-state index contributed by atoms with van der Waals surface area (Å²) in [5.41, 5.74) is -8.14. The Morgan fingerprint density at radius 1 is 0.948 bits per heavy atom. The van der Waals surface area contributed by atoms with Gasteiger partial charge in [-0.05, 0) is 63.5 Å². The van der Waals surface area contributed by atoms with Crippen molar-refractivity contribution in [1.29, 1.82) is 0 Å². The Kier molecular flexibility index (Phi) is 11.2. The maximum Gasteiger partial charge on any atom is 0.408 e. The summed E-state index contributed by atoms with van der Waals surface area (Å²) in [5, 5.41) is 51.6. The summed E-state index contributed by atoms with van der Waals surface area (Å²) in [5.74, 6) is -5.36. The molecule has 2 aromatic carbocycles. The quantitative estimate of drug-likeness (QED) is 0.147. The van der Waals surface area contributed by atoms with Crippen molar-refractivity contribution in [2.75, 3.05) is 6.61 Å². The number of ether oxygens (including phenoxy) is 5. The number of rotatable bonds is 8. The van der Waals surface area contributed by atoms with Crippen LogP contribution in [0.4, 0.5) is 4.79 Å². The topological polar surface area (TPSA) is 224 Å². The van der Waals surface area contributed by atoms with Gasteiger partial charge >= 0.3 is 24.0 Å². The molecule has 3 fully saturated rings. The fourth-order valence-corrected chi connectivity index (χ4v) is 9.56. The molecule has 3 aliphatic carbocycles. The summed E-state index contributed by atoms with van der Waals surface area (Å²) in [6, 6.07) is 14.6. The molecule has 0 spiro atoms. The first kappa shape index (κ1) is 42.9. The van der Waals surface area contributed by atoms with Crippen molar-refractivity contribution in [1.82, 2.24) is 5.32 Å². The largest absolute Gasteiger partial charge is 0.456 e. The lowest BCUT2D eigenvalue weighted by atomic mass is 9.44. The highest BCUT2D eigenvalue weighted by atomic mass is 16.6. The molecule has 1 unspecified atom stereocenters. The molecule has 6 rings (SSSR count). The monoisotopic (exact) mass is 807 g/mol. The van der Waals surface area contributed by atoms with Crippen LogP contribution in [0.15, 0.2) is 71.8 Å². The average molecular weight is 808 g/mol. The second-order valence-electron chi connectivity index (χ2n) is 17.6. The molecule has 1 amide bonds. The number of esters is 3. The number of nitrogens with one attached hydrogen (secondary N) is 1. The molecule has 1 aliphatic heterocycles. The van der Waals surface area contributed by atoms with Gasteiger partial charge in [-0.15, -0.1) is 0 Å². The maximum absolute atomic E-state index is 14.9. The number of hydrogen-bond donors (Lipinski definition) is 5. The number of Topliss-reactive ketones (excluding diaryl/α,β-unsaturated/α-hetero) is 1. The van der Waals surface area contributed by atoms with Gasteiger partial charge in [-0.2, -0.15) is 0 Å². The van der Waals surface area contributed by atoms with E-state index < -0.39 is 112 Å². The Morgan fingerprint density at radius 3 is 2.10 bits per heavy atom. The molecule has 2 aromatic rings. The number of amides is 1. The van der Waals surface area contributed by atoms with Crippen LogP contribution in [0, 0.1) is 16.7 Å². The van der Waals surface area contributed by atoms with Crippen molar-refractivity contribution in [3.05, 3.63) is 82.9 Å². The molecule has 2 saturated carbocycles. The van der Waals surface area contributed by atoms with Crippen LogP contribution < -0.4 is 5.32 Å². The van der Waals surface area contributed by atoms with Gasteiger partial charge in [-0.3, -0.25) is 9.59 Å². The van der Waals surface area contributed by atoms with Gasteiger partial charge in [0, 0.05) is 25.2 Å². The lowest BCUT2D eigenvalue weighted by Crippen LogP contribution is -2.81. The lowest BCUT2D eigenvalue weighted by Gasteiger charge is -2.67. The van der Waals surface area contributed by atoms with E-state index >= 15 is 0 Å². The molecule has 11 atom stereocenters. The zero-order valence-corrected chi connectivity index (χ0v) is 33.9. The van der Waals surface area contributed by atoms with Gasteiger partial charge in [0.05, 0.1) is 35.6 Å². The van der Waals surface area contributed by atoms with Crippen LogP contribution in [-0.4, -0.2) is 110 Å². The minimum atomic E-state index is -2.35. The van der Waals surface area contributed by atoms with E-state index in [4.69, 9.17) is 23.7 Å². The van der Waals surface area contributed by atoms with Crippen LogP contribution in [0.3, 0.4) is 0 Å². The number of benzene rings is 2. The van der Waals surface area contributed by atoms with Crippen LogP contribution in [0.25, 0.3) is 0 Å². The van der Waals surface area contributed by atoms with Crippen LogP contribution in [-0.2, 0) is 38.1 Å². The molecule has 0 radical (unpaired) electrons. The summed E-state index contributed by atoms with van der Waals surface area (Å²) in [6.07, 6.45) is -11.5. The minimum absolute atomic E-state index is 0.0637. The number of carbonyl (C=O) groups excluding carboxylic acids is 5. The molecule has 58 heavy (non-hydrogen) atoms. The zero-order chi connectivity index (χ0) is 42.7. The summed E-state index contributed by atoms with van der Waals surface area (Å²) >= 11 is 0. The first-order valence-corrected chi connectivity index (χ1v) is 19.3. The SMILES string of the molecule is CC(=O)OC12CO[C@H]1C[C@H](O)[C@@]1(C)C(=O)[C@H](O)C3=C(C)[C@H](OC(=O)[C@H](O)[C@@H](NC(=O)OC(C)(C)C)c4ccccc4)C[C@@](O)([C@H](OC(=O)c4ccccc4)[C@@H]21)C3(C)C. The number of hydrogen-bond acceptors (Lipinski definition) is 14. The molecule has 2 bridgehead atoms. The molecule has 15 nitrogen and oxygen atoms in total. The highest BCUT2D eigenvalue weighted by Crippen LogP contribution is 2.64. The van der Waals surface area contributed by atoms with E-state index in [9.17, 15) is 44.4 Å². The predicted octanol–water partition coefficient (Wildman–Crippen LogP) is 3.26. The van der Waals surface area contributed by atoms with Crippen molar-refractivity contribution in [2.45, 2.75) is 128 Å². The summed E-state index contributed by atoms with van der Waals surface area (Å²) in [4.78, 5) is 68.9. The van der Waals surface area contributed by atoms with Gasteiger partial charge in [0.25, 0.3) is 0 Å². The number of aliphatic hydroxyl groups excluding tert-OH is 3. The lowest BCUT2D eigenvalue weighted by molar-refractivity contribution is -0.346. The molecule has 4 aliphatic rings. The van der Waals surface area contributed by atoms with Crippen molar-refractivity contribution in [3.63, 3.8) is 0 Å².